The molecule has 0 aliphatic carbocycles. The third-order valence-electron chi connectivity index (χ3n) is 2.97. The molecule has 0 bridgehead atoms. The molecule has 1 aliphatic rings. The Labute approximate surface area is 124 Å². The average Bonchev–Trinajstić information content (AvgIpc) is 2.83. The highest BCUT2D eigenvalue weighted by Crippen LogP contribution is 2.32. The number of likely N-dealkylation sites (tertiary alicyclic amines) is 1. The predicted molar refractivity (Wildman–Crippen MR) is 74.4 cm³/mol. The fraction of sp³-hybridized carbons (Fsp3) is 0.462. The summed E-state index contributed by atoms with van der Waals surface area (Å²) in [6, 6.07) is 5.94. The number of nitrogens with one attached hydrogen (secondary N) is 1. The van der Waals surface area contributed by atoms with Crippen molar-refractivity contribution in [2.75, 3.05) is 24.2 Å². The molecular weight excluding hydrogens is 305 g/mol. The normalized spacial score (nSPS) is 18.9. The number of benzene rings is 1. The number of thioether (sulfide) groups is 1. The zero-order valence-electron chi connectivity index (χ0n) is 11.1. The molecule has 4 nitrogen and oxygen atoms in total. The highest BCUT2D eigenvalue weighted by atomic mass is 32.2. The lowest BCUT2D eigenvalue weighted by molar-refractivity contribution is -0.105. The minimum atomic E-state index is -4.26. The molecule has 1 heterocycles. The van der Waals surface area contributed by atoms with Crippen molar-refractivity contribution in [3.8, 4) is 0 Å². The molecule has 1 saturated heterocycles. The van der Waals surface area contributed by atoms with Gasteiger partial charge in [-0.1, -0.05) is 12.1 Å². The van der Waals surface area contributed by atoms with Gasteiger partial charge in [0.2, 0.25) is 0 Å². The maximum Gasteiger partial charge on any atom is 0.398 e. The minimum absolute atomic E-state index is 0.240. The monoisotopic (exact) mass is 320 g/mol. The van der Waals surface area contributed by atoms with Crippen molar-refractivity contribution in [2.24, 2.45) is 0 Å². The number of rotatable bonds is 3. The molecule has 0 unspecified atom stereocenters. The number of anilines is 1. The van der Waals surface area contributed by atoms with Gasteiger partial charge in [0.1, 0.15) is 0 Å². The highest BCUT2D eigenvalue weighted by molar-refractivity contribution is 7.99. The molecule has 2 N–H and O–H groups in total. The number of carbonyl (C=O) groups is 1. The maximum absolute atomic E-state index is 12.3. The Bertz CT molecular complexity index is 510. The van der Waals surface area contributed by atoms with Crippen LogP contribution in [0.4, 0.5) is 23.7 Å². The van der Waals surface area contributed by atoms with E-state index in [0.717, 1.165) is 0 Å². The van der Waals surface area contributed by atoms with Crippen molar-refractivity contribution in [2.45, 2.75) is 23.6 Å². The molecule has 21 heavy (non-hydrogen) atoms. The van der Waals surface area contributed by atoms with E-state index in [4.69, 9.17) is 0 Å². The smallest absolute Gasteiger partial charge is 0.391 e. The molecule has 0 radical (unpaired) electrons. The summed E-state index contributed by atoms with van der Waals surface area (Å²) in [4.78, 5) is 13.8. The van der Waals surface area contributed by atoms with Crippen LogP contribution in [-0.2, 0) is 0 Å². The van der Waals surface area contributed by atoms with Gasteiger partial charge >= 0.3 is 12.2 Å². The van der Waals surface area contributed by atoms with Gasteiger partial charge in [0.15, 0.2) is 0 Å². The summed E-state index contributed by atoms with van der Waals surface area (Å²) in [6.07, 6.45) is -4.29. The summed E-state index contributed by atoms with van der Waals surface area (Å²) in [7, 11) is 0. The second-order valence-corrected chi connectivity index (χ2v) is 5.74. The van der Waals surface area contributed by atoms with E-state index in [0.29, 0.717) is 35.3 Å². The van der Waals surface area contributed by atoms with Gasteiger partial charge in [0, 0.05) is 18.0 Å². The van der Waals surface area contributed by atoms with Crippen LogP contribution >= 0.6 is 11.8 Å². The number of hydrogen-bond donors (Lipinski definition) is 2. The molecule has 116 valence electrons. The number of urea groups is 1. The van der Waals surface area contributed by atoms with Crippen LogP contribution in [0.1, 0.15) is 6.42 Å². The number of carbonyl (C=O) groups excluding carboxylic acids is 1. The van der Waals surface area contributed by atoms with Crippen molar-refractivity contribution < 1.29 is 23.1 Å². The Morgan fingerprint density at radius 3 is 2.76 bits per heavy atom. The van der Waals surface area contributed by atoms with E-state index in [2.05, 4.69) is 5.32 Å². The van der Waals surface area contributed by atoms with Crippen LogP contribution in [0.25, 0.3) is 0 Å². The first-order chi connectivity index (χ1) is 9.85. The van der Waals surface area contributed by atoms with Crippen LogP contribution in [0.15, 0.2) is 29.2 Å². The number of hydrogen-bond acceptors (Lipinski definition) is 3. The number of alkyl halides is 3. The minimum Gasteiger partial charge on any atom is -0.391 e. The van der Waals surface area contributed by atoms with Crippen LogP contribution in [0.5, 0.6) is 0 Å². The SMILES string of the molecule is O=C(Nc1ccccc1SCC(F)(F)F)N1CC[C@H](O)C1. The summed E-state index contributed by atoms with van der Waals surface area (Å²) < 4.78 is 36.8. The molecule has 0 spiro atoms. The number of aliphatic hydroxyl groups excluding tert-OH is 1. The third kappa shape index (κ3) is 4.82. The first-order valence-electron chi connectivity index (χ1n) is 6.38. The van der Waals surface area contributed by atoms with Crippen LogP contribution in [0.2, 0.25) is 0 Å². The van der Waals surface area contributed by atoms with Gasteiger partial charge in [-0.15, -0.1) is 11.8 Å². The van der Waals surface area contributed by atoms with E-state index in [-0.39, 0.29) is 6.54 Å². The average molecular weight is 320 g/mol. The molecule has 1 atom stereocenters. The summed E-state index contributed by atoms with van der Waals surface area (Å²) in [5.41, 5.74) is 0.345. The lowest BCUT2D eigenvalue weighted by atomic mass is 10.3. The lowest BCUT2D eigenvalue weighted by Gasteiger charge is -2.18. The number of nitrogens with zero attached hydrogens (tertiary/aromatic N) is 1. The molecule has 2 rings (SSSR count). The molecule has 2 amide bonds. The van der Waals surface area contributed by atoms with E-state index in [1.54, 1.807) is 18.2 Å². The summed E-state index contributed by atoms with van der Waals surface area (Å²) in [5, 5.41) is 12.0. The predicted octanol–water partition coefficient (Wildman–Crippen LogP) is 2.94. The topological polar surface area (TPSA) is 52.6 Å². The maximum atomic E-state index is 12.3. The number of β-amino-alcohol motifs (C(OH)–C–C–N with tert-alkyl or cyclic N) is 1. The van der Waals surface area contributed by atoms with Crippen LogP contribution in [0, 0.1) is 0 Å². The van der Waals surface area contributed by atoms with Crippen molar-refractivity contribution >= 4 is 23.5 Å². The first kappa shape index (κ1) is 16.0. The van der Waals surface area contributed by atoms with Gasteiger partial charge in [-0.2, -0.15) is 13.2 Å². The van der Waals surface area contributed by atoms with E-state index in [1.165, 1.54) is 11.0 Å². The van der Waals surface area contributed by atoms with E-state index in [9.17, 15) is 23.1 Å². The van der Waals surface area contributed by atoms with E-state index < -0.39 is 24.1 Å². The van der Waals surface area contributed by atoms with Crippen molar-refractivity contribution in [1.82, 2.24) is 4.90 Å². The Morgan fingerprint density at radius 2 is 2.14 bits per heavy atom. The van der Waals surface area contributed by atoms with Gasteiger partial charge in [0.05, 0.1) is 17.5 Å². The molecule has 8 heteroatoms. The Kier molecular flexibility index (Phi) is 5.00. The van der Waals surface area contributed by atoms with Crippen LogP contribution in [-0.4, -0.2) is 47.2 Å². The number of halogens is 3. The Hall–Kier alpha value is -1.41. The second-order valence-electron chi connectivity index (χ2n) is 4.72. The van der Waals surface area contributed by atoms with Crippen LogP contribution in [0.3, 0.4) is 0 Å². The molecule has 1 aliphatic heterocycles. The molecular formula is C13H15F3N2O2S. The summed E-state index contributed by atoms with van der Waals surface area (Å²) >= 11 is 0.631. The first-order valence-corrected chi connectivity index (χ1v) is 7.36. The standard InChI is InChI=1S/C13H15F3N2O2S/c14-13(15,16)8-21-11-4-2-1-3-10(11)17-12(20)18-6-5-9(19)7-18/h1-4,9,19H,5-8H2,(H,17,20)/t9-/m0/s1. The zero-order chi connectivity index (χ0) is 15.5. The fourth-order valence-electron chi connectivity index (χ4n) is 1.98. The molecule has 1 aromatic rings. The summed E-state index contributed by atoms with van der Waals surface area (Å²) in [6.45, 7) is 0.675. The van der Waals surface area contributed by atoms with E-state index >= 15 is 0 Å². The number of amides is 2. The Balaban J connectivity index is 2.01. The Morgan fingerprint density at radius 1 is 1.43 bits per heavy atom. The fourth-order valence-corrected chi connectivity index (χ4v) is 2.74. The largest absolute Gasteiger partial charge is 0.398 e. The second kappa shape index (κ2) is 6.57. The summed E-state index contributed by atoms with van der Waals surface area (Å²) in [5.74, 6) is -1.01. The van der Waals surface area contributed by atoms with Crippen molar-refractivity contribution in [3.63, 3.8) is 0 Å². The van der Waals surface area contributed by atoms with Gasteiger partial charge < -0.3 is 15.3 Å². The van der Waals surface area contributed by atoms with Crippen molar-refractivity contribution in [1.29, 1.82) is 0 Å². The van der Waals surface area contributed by atoms with Gasteiger partial charge in [-0.05, 0) is 18.6 Å². The molecule has 0 aromatic heterocycles. The molecule has 1 fully saturated rings. The molecule has 1 aromatic carbocycles. The highest BCUT2D eigenvalue weighted by Gasteiger charge is 2.28. The quantitative estimate of drug-likeness (QED) is 0.842. The van der Waals surface area contributed by atoms with Crippen LogP contribution < -0.4 is 5.32 Å². The lowest BCUT2D eigenvalue weighted by Crippen LogP contribution is -2.33. The number of aliphatic hydroxyl groups is 1. The number of para-hydroxylation sites is 1. The van der Waals surface area contributed by atoms with Gasteiger partial charge in [-0.3, -0.25) is 0 Å². The van der Waals surface area contributed by atoms with Gasteiger partial charge in [-0.25, -0.2) is 4.79 Å². The van der Waals surface area contributed by atoms with Gasteiger partial charge in [0.25, 0.3) is 0 Å². The molecule has 0 saturated carbocycles. The van der Waals surface area contributed by atoms with Crippen molar-refractivity contribution in [3.05, 3.63) is 24.3 Å². The van der Waals surface area contributed by atoms with E-state index in [1.807, 2.05) is 0 Å². The third-order valence-corrected chi connectivity index (χ3v) is 4.11. The zero-order valence-corrected chi connectivity index (χ0v) is 11.9.